The standard InChI is InChI=1S/C13H18N2O/c1-2-13(16)15-10-8-14(9-11-15)12-6-4-3-5-7-12/h3-7H,2,8-11H2,1H3. The molecule has 2 rings (SSSR count). The summed E-state index contributed by atoms with van der Waals surface area (Å²) < 4.78 is 0. The lowest BCUT2D eigenvalue weighted by molar-refractivity contribution is -0.131. The maximum Gasteiger partial charge on any atom is 0.222 e. The average molecular weight is 218 g/mol. The van der Waals surface area contributed by atoms with Gasteiger partial charge in [-0.1, -0.05) is 25.1 Å². The Kier molecular flexibility index (Phi) is 3.44. The molecular weight excluding hydrogens is 200 g/mol. The molecule has 1 fully saturated rings. The highest BCUT2D eigenvalue weighted by molar-refractivity contribution is 5.76. The highest BCUT2D eigenvalue weighted by Crippen LogP contribution is 2.15. The zero-order chi connectivity index (χ0) is 11.4. The van der Waals surface area contributed by atoms with Crippen molar-refractivity contribution in [1.82, 2.24) is 4.90 Å². The average Bonchev–Trinajstić information content (AvgIpc) is 2.39. The number of hydrogen-bond donors (Lipinski definition) is 0. The first kappa shape index (κ1) is 11.0. The number of amides is 1. The van der Waals surface area contributed by atoms with E-state index < -0.39 is 0 Å². The first-order valence-electron chi connectivity index (χ1n) is 5.89. The zero-order valence-corrected chi connectivity index (χ0v) is 9.72. The first-order valence-corrected chi connectivity index (χ1v) is 5.89. The number of para-hydroxylation sites is 1. The lowest BCUT2D eigenvalue weighted by Gasteiger charge is -2.36. The lowest BCUT2D eigenvalue weighted by Crippen LogP contribution is -2.48. The topological polar surface area (TPSA) is 23.6 Å². The Labute approximate surface area is 96.7 Å². The Balaban J connectivity index is 1.93. The Bertz CT molecular complexity index is 342. The van der Waals surface area contributed by atoms with Gasteiger partial charge in [0.25, 0.3) is 0 Å². The van der Waals surface area contributed by atoms with Crippen molar-refractivity contribution < 1.29 is 4.79 Å². The van der Waals surface area contributed by atoms with E-state index in [0.29, 0.717) is 6.42 Å². The molecule has 1 aliphatic rings. The minimum Gasteiger partial charge on any atom is -0.368 e. The van der Waals surface area contributed by atoms with Gasteiger partial charge in [0, 0.05) is 38.3 Å². The molecule has 0 bridgehead atoms. The molecule has 3 nitrogen and oxygen atoms in total. The third-order valence-electron chi connectivity index (χ3n) is 3.06. The van der Waals surface area contributed by atoms with Gasteiger partial charge >= 0.3 is 0 Å². The van der Waals surface area contributed by atoms with Crippen LogP contribution in [0.3, 0.4) is 0 Å². The van der Waals surface area contributed by atoms with Crippen molar-refractivity contribution in [2.24, 2.45) is 0 Å². The van der Waals surface area contributed by atoms with Crippen LogP contribution in [0, 0.1) is 0 Å². The molecule has 3 heteroatoms. The molecule has 1 aliphatic heterocycles. The van der Waals surface area contributed by atoms with Crippen molar-refractivity contribution in [3.8, 4) is 0 Å². The van der Waals surface area contributed by atoms with Gasteiger partial charge in [-0.3, -0.25) is 4.79 Å². The molecule has 1 aromatic carbocycles. The minimum atomic E-state index is 0.271. The largest absolute Gasteiger partial charge is 0.368 e. The fourth-order valence-corrected chi connectivity index (χ4v) is 2.08. The second-order valence-corrected chi connectivity index (χ2v) is 4.06. The van der Waals surface area contributed by atoms with Crippen LogP contribution in [0.1, 0.15) is 13.3 Å². The van der Waals surface area contributed by atoms with Crippen molar-refractivity contribution >= 4 is 11.6 Å². The van der Waals surface area contributed by atoms with Gasteiger partial charge in [0.05, 0.1) is 0 Å². The summed E-state index contributed by atoms with van der Waals surface area (Å²) in [6, 6.07) is 10.4. The summed E-state index contributed by atoms with van der Waals surface area (Å²) >= 11 is 0. The van der Waals surface area contributed by atoms with Gasteiger partial charge in [-0.05, 0) is 12.1 Å². The van der Waals surface area contributed by atoms with Gasteiger partial charge in [0.1, 0.15) is 0 Å². The molecule has 16 heavy (non-hydrogen) atoms. The van der Waals surface area contributed by atoms with E-state index in [1.165, 1.54) is 5.69 Å². The van der Waals surface area contributed by atoms with Crippen LogP contribution < -0.4 is 4.90 Å². The Hall–Kier alpha value is -1.51. The van der Waals surface area contributed by atoms with Gasteiger partial charge in [-0.25, -0.2) is 0 Å². The smallest absolute Gasteiger partial charge is 0.222 e. The van der Waals surface area contributed by atoms with Crippen molar-refractivity contribution in [3.05, 3.63) is 30.3 Å². The summed E-state index contributed by atoms with van der Waals surface area (Å²) in [5, 5.41) is 0. The van der Waals surface area contributed by atoms with Crippen LogP contribution in [0.5, 0.6) is 0 Å². The predicted molar refractivity (Wildman–Crippen MR) is 65.5 cm³/mol. The summed E-state index contributed by atoms with van der Waals surface area (Å²) in [6.07, 6.45) is 0.616. The van der Waals surface area contributed by atoms with Crippen LogP contribution in [0.15, 0.2) is 30.3 Å². The van der Waals surface area contributed by atoms with Crippen LogP contribution in [0.2, 0.25) is 0 Å². The number of rotatable bonds is 2. The van der Waals surface area contributed by atoms with E-state index in [2.05, 4.69) is 29.2 Å². The molecule has 0 spiro atoms. The summed E-state index contributed by atoms with van der Waals surface area (Å²) in [5.74, 6) is 0.271. The van der Waals surface area contributed by atoms with Crippen LogP contribution in [0.4, 0.5) is 5.69 Å². The maximum atomic E-state index is 11.5. The lowest BCUT2D eigenvalue weighted by atomic mass is 10.2. The Morgan fingerprint density at radius 2 is 1.75 bits per heavy atom. The number of anilines is 1. The molecule has 0 saturated carbocycles. The second kappa shape index (κ2) is 5.01. The number of nitrogens with zero attached hydrogens (tertiary/aromatic N) is 2. The van der Waals surface area contributed by atoms with Crippen molar-refractivity contribution in [2.45, 2.75) is 13.3 Å². The highest BCUT2D eigenvalue weighted by atomic mass is 16.2. The SMILES string of the molecule is CCC(=O)N1CCN(c2ccccc2)CC1. The van der Waals surface area contributed by atoms with Crippen LogP contribution in [0.25, 0.3) is 0 Å². The minimum absolute atomic E-state index is 0.271. The monoisotopic (exact) mass is 218 g/mol. The molecule has 1 saturated heterocycles. The van der Waals surface area contributed by atoms with Crippen LogP contribution in [-0.4, -0.2) is 37.0 Å². The predicted octanol–water partition coefficient (Wildman–Crippen LogP) is 1.75. The van der Waals surface area contributed by atoms with E-state index in [1.54, 1.807) is 0 Å². The third kappa shape index (κ3) is 2.35. The molecule has 1 amide bonds. The van der Waals surface area contributed by atoms with Gasteiger partial charge in [0.15, 0.2) is 0 Å². The van der Waals surface area contributed by atoms with Crippen molar-refractivity contribution in [2.75, 3.05) is 31.1 Å². The van der Waals surface area contributed by atoms with Crippen molar-refractivity contribution in [3.63, 3.8) is 0 Å². The number of carbonyl (C=O) groups is 1. The van der Waals surface area contributed by atoms with E-state index in [-0.39, 0.29) is 5.91 Å². The fraction of sp³-hybridized carbons (Fsp3) is 0.462. The summed E-state index contributed by atoms with van der Waals surface area (Å²) in [7, 11) is 0. The summed E-state index contributed by atoms with van der Waals surface area (Å²) in [4.78, 5) is 15.8. The van der Waals surface area contributed by atoms with E-state index in [1.807, 2.05) is 17.9 Å². The quantitative estimate of drug-likeness (QED) is 0.755. The van der Waals surface area contributed by atoms with Gasteiger partial charge in [-0.15, -0.1) is 0 Å². The fourth-order valence-electron chi connectivity index (χ4n) is 2.08. The van der Waals surface area contributed by atoms with E-state index >= 15 is 0 Å². The van der Waals surface area contributed by atoms with Gasteiger partial charge in [-0.2, -0.15) is 0 Å². The molecule has 86 valence electrons. The highest BCUT2D eigenvalue weighted by Gasteiger charge is 2.19. The summed E-state index contributed by atoms with van der Waals surface area (Å²) in [6.45, 7) is 5.50. The number of benzene rings is 1. The maximum absolute atomic E-state index is 11.5. The number of piperazine rings is 1. The molecule has 1 heterocycles. The van der Waals surface area contributed by atoms with E-state index in [9.17, 15) is 4.79 Å². The molecule has 0 N–H and O–H groups in total. The first-order chi connectivity index (χ1) is 7.81. The van der Waals surface area contributed by atoms with E-state index in [4.69, 9.17) is 0 Å². The van der Waals surface area contributed by atoms with E-state index in [0.717, 1.165) is 26.2 Å². The molecule has 0 atom stereocenters. The molecular formula is C13H18N2O. The molecule has 0 aromatic heterocycles. The van der Waals surface area contributed by atoms with Crippen molar-refractivity contribution in [1.29, 1.82) is 0 Å². The molecule has 1 aromatic rings. The number of hydrogen-bond acceptors (Lipinski definition) is 2. The zero-order valence-electron chi connectivity index (χ0n) is 9.72. The van der Waals surface area contributed by atoms with Crippen LogP contribution in [-0.2, 0) is 4.79 Å². The van der Waals surface area contributed by atoms with Gasteiger partial charge < -0.3 is 9.80 Å². The van der Waals surface area contributed by atoms with Gasteiger partial charge in [0.2, 0.25) is 5.91 Å². The summed E-state index contributed by atoms with van der Waals surface area (Å²) in [5.41, 5.74) is 1.26. The van der Waals surface area contributed by atoms with Crippen LogP contribution >= 0.6 is 0 Å². The molecule has 0 radical (unpaired) electrons. The molecule has 0 aliphatic carbocycles. The molecule has 0 unspecified atom stereocenters. The third-order valence-corrected chi connectivity index (χ3v) is 3.06. The second-order valence-electron chi connectivity index (χ2n) is 4.06. The Morgan fingerprint density at radius 1 is 1.12 bits per heavy atom. The normalized spacial score (nSPS) is 16.3. The Morgan fingerprint density at radius 3 is 2.31 bits per heavy atom. The number of carbonyl (C=O) groups excluding carboxylic acids is 1.